The summed E-state index contributed by atoms with van der Waals surface area (Å²) in [6.45, 7) is 7.20. The number of carbonyl (C=O) groups excluding carboxylic acids is 3. The Balaban J connectivity index is 0.000000128. The molecule has 6 aromatic carbocycles. The number of hydrogen-bond donors (Lipinski definition) is 0. The van der Waals surface area contributed by atoms with Crippen molar-refractivity contribution in [1.82, 2.24) is 33.6 Å². The van der Waals surface area contributed by atoms with Crippen LogP contribution < -0.4 is 33.2 Å². The highest BCUT2D eigenvalue weighted by Crippen LogP contribution is 2.52. The quantitative estimate of drug-likeness (QED) is 0.124. The molecule has 4 saturated heterocycles. The van der Waals surface area contributed by atoms with Crippen molar-refractivity contribution in [3.8, 4) is 74.5 Å². The molecule has 100 heavy (non-hydrogen) atoms. The molecular formula is C77H74F4N8O11. The van der Waals surface area contributed by atoms with Crippen LogP contribution in [0.1, 0.15) is 106 Å². The van der Waals surface area contributed by atoms with Gasteiger partial charge in [-0.15, -0.1) is 0 Å². The highest BCUT2D eigenvalue weighted by atomic mass is 19.4. The van der Waals surface area contributed by atoms with Crippen molar-refractivity contribution in [2.24, 2.45) is 14.1 Å². The third-order valence-electron chi connectivity index (χ3n) is 20.0. The van der Waals surface area contributed by atoms with Gasteiger partial charge in [0.15, 0.2) is 34.3 Å². The highest BCUT2D eigenvalue weighted by molar-refractivity contribution is 5.96. The molecule has 3 aromatic heterocycles. The van der Waals surface area contributed by atoms with Crippen molar-refractivity contribution in [3.63, 3.8) is 0 Å². The SMILES string of the molecule is COc1cc(C(=O)N2CCC3(CC2)Oc2ccccc2-n2cccc23)ccc1OC(C)(C)C#N.COc1ccc(C(=O)N2CCC3(CC2)Oc2ccccc2-c2c3ccn2C)cc1C(F)(F)F.Cn1ncc2c1-c1ccccc1OC21CCN(C(=O)c2ccc(OC3COC3)c(F)c2)CC1. The normalized spacial score (nSPS) is 17.2. The molecule has 0 unspecified atom stereocenters. The van der Waals surface area contributed by atoms with E-state index in [-0.39, 0.29) is 35.0 Å². The fourth-order valence-electron chi connectivity index (χ4n) is 14.6. The predicted molar refractivity (Wildman–Crippen MR) is 361 cm³/mol. The Bertz CT molecular complexity index is 4660. The topological polar surface area (TPSA) is 186 Å². The summed E-state index contributed by atoms with van der Waals surface area (Å²) in [5.41, 5.74) is 5.86. The third kappa shape index (κ3) is 12.2. The number of rotatable bonds is 9. The maximum absolute atomic E-state index is 14.5. The van der Waals surface area contributed by atoms with Crippen molar-refractivity contribution >= 4 is 17.7 Å². The number of nitrogens with zero attached hydrogens (tertiary/aromatic N) is 8. The Morgan fingerprint density at radius 2 is 1.08 bits per heavy atom. The number of aromatic nitrogens is 4. The molecule has 3 spiro atoms. The van der Waals surface area contributed by atoms with Crippen molar-refractivity contribution in [2.45, 2.75) is 87.1 Å². The maximum atomic E-state index is 14.5. The molecule has 0 aliphatic carbocycles. The van der Waals surface area contributed by atoms with E-state index >= 15 is 0 Å². The molecule has 0 saturated carbocycles. The summed E-state index contributed by atoms with van der Waals surface area (Å²) in [5, 5.41) is 13.7. The fraction of sp³-hybridized carbons (Fsp3) is 0.338. The lowest BCUT2D eigenvalue weighted by molar-refractivity contribution is -0.138. The molecule has 7 aliphatic rings. The smallest absolute Gasteiger partial charge is 0.419 e. The minimum atomic E-state index is -4.61. The van der Waals surface area contributed by atoms with Crippen molar-refractivity contribution in [1.29, 1.82) is 5.26 Å². The molecule has 23 heteroatoms. The Morgan fingerprint density at radius 3 is 1.64 bits per heavy atom. The average molecular weight is 1360 g/mol. The van der Waals surface area contributed by atoms with Gasteiger partial charge in [0.1, 0.15) is 46.4 Å². The number of halogens is 4. The molecule has 0 atom stereocenters. The van der Waals surface area contributed by atoms with Gasteiger partial charge < -0.3 is 61.7 Å². The second-order valence-electron chi connectivity index (χ2n) is 26.5. The molecule has 16 rings (SSSR count). The van der Waals surface area contributed by atoms with Crippen LogP contribution >= 0.6 is 0 Å². The molecule has 3 amide bonds. The molecule has 516 valence electrons. The minimum absolute atomic E-state index is 0.00520. The molecule has 4 fully saturated rings. The van der Waals surface area contributed by atoms with Gasteiger partial charge in [-0.2, -0.15) is 23.5 Å². The van der Waals surface area contributed by atoms with Crippen LogP contribution in [0.4, 0.5) is 17.6 Å². The monoisotopic (exact) mass is 1360 g/mol. The first-order chi connectivity index (χ1) is 48.1. The third-order valence-corrected chi connectivity index (χ3v) is 20.0. The summed E-state index contributed by atoms with van der Waals surface area (Å²) >= 11 is 0. The summed E-state index contributed by atoms with van der Waals surface area (Å²) in [4.78, 5) is 44.7. The molecule has 0 bridgehead atoms. The van der Waals surface area contributed by atoms with E-state index in [1.807, 2.05) is 109 Å². The number of aryl methyl sites for hydroxylation is 2. The number of benzene rings is 6. The van der Waals surface area contributed by atoms with Gasteiger partial charge in [-0.1, -0.05) is 36.4 Å². The predicted octanol–water partition coefficient (Wildman–Crippen LogP) is 13.5. The molecule has 19 nitrogen and oxygen atoms in total. The first kappa shape index (κ1) is 66.5. The molecule has 0 N–H and O–H groups in total. The van der Waals surface area contributed by atoms with Gasteiger partial charge >= 0.3 is 6.18 Å². The number of hydrogen-bond acceptors (Lipinski definition) is 13. The molecular weight excluding hydrogens is 1290 g/mol. The number of carbonyl (C=O) groups is 3. The van der Waals surface area contributed by atoms with Crippen LogP contribution in [0.2, 0.25) is 0 Å². The van der Waals surface area contributed by atoms with Crippen molar-refractivity contribution in [3.05, 3.63) is 209 Å². The standard InChI is InChI=1S/C27H27N3O4.C25H23F3N2O3.C25H24FN3O4/c1-26(2,18-28)33-22-11-10-19(17-23(22)32-3)25(31)29-15-12-27(13-16-29)24-9-6-14-30(24)20-7-4-5-8-21(20)34-27;1-29-12-9-18-22(29)17-5-3-4-6-20(17)33-24(18)10-13-30(14-11-24)23(31)16-7-8-21(32-2)19(15-16)25(26,27)28;1-28-23-18-4-2-3-5-21(18)33-25(19(23)13-27-28)8-10-29(11-9-25)24(30)16-6-7-22(20(26)12-16)32-17-14-31-15-17/h4-11,14,17H,12-13,15-16H2,1-3H3;3-9,12,15H,10-11,13-14H2,1-2H3;2-7,12-13,17H,8-11,14-15H2,1H3. The number of piperidine rings is 3. The fourth-order valence-corrected chi connectivity index (χ4v) is 14.6. The summed E-state index contributed by atoms with van der Waals surface area (Å²) in [6, 6.07) is 45.2. The lowest BCUT2D eigenvalue weighted by Gasteiger charge is -2.45. The van der Waals surface area contributed by atoms with Crippen LogP contribution in [0.5, 0.6) is 40.2 Å². The first-order valence-corrected chi connectivity index (χ1v) is 33.3. The Kier molecular flexibility index (Phi) is 17.4. The number of amides is 3. The van der Waals surface area contributed by atoms with Crippen molar-refractivity contribution < 1.29 is 69.8 Å². The van der Waals surface area contributed by atoms with E-state index in [0.717, 1.165) is 68.3 Å². The zero-order valence-corrected chi connectivity index (χ0v) is 56.1. The van der Waals surface area contributed by atoms with E-state index in [1.54, 1.807) is 47.9 Å². The summed E-state index contributed by atoms with van der Waals surface area (Å²) in [7, 11) is 6.63. The van der Waals surface area contributed by atoms with Crippen LogP contribution in [0, 0.1) is 17.1 Å². The van der Waals surface area contributed by atoms with Gasteiger partial charge in [0, 0.05) is 143 Å². The number of likely N-dealkylation sites (tertiary alicyclic amines) is 3. The zero-order chi connectivity index (χ0) is 69.9. The Hall–Kier alpha value is -10.7. The number of para-hydroxylation sites is 4. The first-order valence-electron chi connectivity index (χ1n) is 33.3. The lowest BCUT2D eigenvalue weighted by atomic mass is 9.80. The highest BCUT2D eigenvalue weighted by Gasteiger charge is 2.49. The van der Waals surface area contributed by atoms with Crippen LogP contribution in [0.15, 0.2) is 164 Å². The number of ether oxygens (including phenoxy) is 8. The second kappa shape index (κ2) is 26.2. The summed E-state index contributed by atoms with van der Waals surface area (Å²) in [6.07, 6.45) is 4.98. The van der Waals surface area contributed by atoms with Crippen LogP contribution in [0.3, 0.4) is 0 Å². The lowest BCUT2D eigenvalue weighted by Crippen LogP contribution is -2.50. The molecule has 0 radical (unpaired) electrons. The largest absolute Gasteiger partial charge is 0.496 e. The van der Waals surface area contributed by atoms with Crippen LogP contribution in [0.25, 0.3) is 28.2 Å². The van der Waals surface area contributed by atoms with E-state index in [2.05, 4.69) is 44.7 Å². The number of methoxy groups -OCH3 is 2. The van der Waals surface area contributed by atoms with Gasteiger partial charge in [-0.3, -0.25) is 19.1 Å². The average Bonchev–Trinajstić information content (AvgIpc) is 1.60. The van der Waals surface area contributed by atoms with E-state index in [0.29, 0.717) is 114 Å². The van der Waals surface area contributed by atoms with E-state index in [4.69, 9.17) is 37.9 Å². The number of fused-ring (bicyclic) bond motifs is 12. The van der Waals surface area contributed by atoms with Gasteiger partial charge in [0.2, 0.25) is 0 Å². The maximum Gasteiger partial charge on any atom is 0.419 e. The minimum Gasteiger partial charge on any atom is -0.496 e. The van der Waals surface area contributed by atoms with Crippen LogP contribution in [-0.2, 0) is 41.8 Å². The number of nitriles is 1. The molecule has 7 aliphatic heterocycles. The van der Waals surface area contributed by atoms with Gasteiger partial charge in [-0.25, -0.2) is 4.39 Å². The van der Waals surface area contributed by atoms with Crippen molar-refractivity contribution in [2.75, 3.05) is 66.7 Å². The van der Waals surface area contributed by atoms with Gasteiger partial charge in [-0.05, 0) is 123 Å². The summed E-state index contributed by atoms with van der Waals surface area (Å²) in [5.74, 6) is 1.99. The zero-order valence-electron chi connectivity index (χ0n) is 56.1. The number of alkyl halides is 3. The van der Waals surface area contributed by atoms with Crippen LogP contribution in [-0.4, -0.2) is 130 Å². The molecule has 10 heterocycles. The second-order valence-corrected chi connectivity index (χ2v) is 26.5. The van der Waals surface area contributed by atoms with Gasteiger partial charge in [0.25, 0.3) is 17.7 Å². The van der Waals surface area contributed by atoms with E-state index < -0.39 is 45.9 Å². The van der Waals surface area contributed by atoms with E-state index in [1.165, 1.54) is 38.5 Å². The van der Waals surface area contributed by atoms with Gasteiger partial charge in [0.05, 0.1) is 62.0 Å². The Labute approximate surface area is 575 Å². The summed E-state index contributed by atoms with van der Waals surface area (Å²) < 4.78 is 107. The Morgan fingerprint density at radius 1 is 0.570 bits per heavy atom. The van der Waals surface area contributed by atoms with E-state index in [9.17, 15) is 37.2 Å². The molecule has 9 aromatic rings.